The number of aromatic nitrogens is 5. The summed E-state index contributed by atoms with van der Waals surface area (Å²) < 4.78 is 12.7. The van der Waals surface area contributed by atoms with Gasteiger partial charge in [0.1, 0.15) is 25.0 Å². The highest BCUT2D eigenvalue weighted by atomic mass is 16.5. The molecule has 0 aliphatic heterocycles. The summed E-state index contributed by atoms with van der Waals surface area (Å²) >= 11 is 0. The summed E-state index contributed by atoms with van der Waals surface area (Å²) in [5.74, 6) is 0.891. The number of fused-ring (bicyclic) bond motifs is 1. The molecule has 1 amide bonds. The predicted molar refractivity (Wildman–Crippen MR) is 120 cm³/mol. The number of hydrogen-bond donors (Lipinski definition) is 0. The molecule has 5 aromatic rings. The Kier molecular flexibility index (Phi) is 5.50. The number of benzene rings is 2. The molecule has 0 N–H and O–H groups in total. The Hall–Kier alpha value is -4.53. The largest absolute Gasteiger partial charge is 0.486 e. The van der Waals surface area contributed by atoms with Crippen molar-refractivity contribution >= 4 is 16.7 Å². The SMILES string of the molecule is CN(Cc1cccc2cnccc12)C(=O)c1cc(COc2ccc(-n3cncn3)cc2)on1. The molecule has 0 unspecified atom stereocenters. The molecule has 9 nitrogen and oxygen atoms in total. The first-order valence-corrected chi connectivity index (χ1v) is 10.3. The van der Waals surface area contributed by atoms with E-state index in [0.717, 1.165) is 22.0 Å². The van der Waals surface area contributed by atoms with E-state index in [1.165, 1.54) is 6.33 Å². The second kappa shape index (κ2) is 8.91. The molecule has 0 bridgehead atoms. The number of amides is 1. The summed E-state index contributed by atoms with van der Waals surface area (Å²) in [6.45, 7) is 0.597. The molecule has 9 heteroatoms. The smallest absolute Gasteiger partial charge is 0.276 e. The Labute approximate surface area is 189 Å². The topological polar surface area (TPSA) is 99.2 Å². The van der Waals surface area contributed by atoms with Crippen LogP contribution in [0.1, 0.15) is 21.8 Å². The molecule has 33 heavy (non-hydrogen) atoms. The Morgan fingerprint density at radius 3 is 2.82 bits per heavy atom. The van der Waals surface area contributed by atoms with Crippen LogP contribution in [0.5, 0.6) is 5.75 Å². The standard InChI is InChI=1S/C24H20N6O3/c1-29(13-18-4-2-3-17-12-25-10-9-22(17)18)24(31)23-11-21(33-28-23)14-32-20-7-5-19(6-8-20)30-16-26-15-27-30/h2-12,15-16H,13-14H2,1H3. The number of nitrogens with zero attached hydrogens (tertiary/aromatic N) is 6. The first-order valence-electron chi connectivity index (χ1n) is 10.3. The van der Waals surface area contributed by atoms with Gasteiger partial charge in [-0.3, -0.25) is 9.78 Å². The van der Waals surface area contributed by atoms with E-state index < -0.39 is 0 Å². The van der Waals surface area contributed by atoms with Crippen molar-refractivity contribution < 1.29 is 14.1 Å². The Morgan fingerprint density at radius 1 is 1.12 bits per heavy atom. The van der Waals surface area contributed by atoms with Crippen LogP contribution in [0.3, 0.4) is 0 Å². The fourth-order valence-corrected chi connectivity index (χ4v) is 3.52. The molecule has 0 aliphatic carbocycles. The van der Waals surface area contributed by atoms with Gasteiger partial charge in [0.15, 0.2) is 11.5 Å². The van der Waals surface area contributed by atoms with E-state index >= 15 is 0 Å². The minimum absolute atomic E-state index is 0.156. The molecule has 0 atom stereocenters. The van der Waals surface area contributed by atoms with E-state index in [2.05, 4.69) is 20.2 Å². The van der Waals surface area contributed by atoms with Gasteiger partial charge in [-0.15, -0.1) is 0 Å². The van der Waals surface area contributed by atoms with Gasteiger partial charge >= 0.3 is 0 Å². The Balaban J connectivity index is 1.21. The van der Waals surface area contributed by atoms with Crippen LogP contribution in [0.25, 0.3) is 16.5 Å². The maximum atomic E-state index is 12.9. The van der Waals surface area contributed by atoms with Crippen LogP contribution in [0.2, 0.25) is 0 Å². The van der Waals surface area contributed by atoms with Crippen LogP contribution in [-0.2, 0) is 13.2 Å². The molecule has 2 aromatic carbocycles. The summed E-state index contributed by atoms with van der Waals surface area (Å²) in [6, 6.07) is 16.9. The average Bonchev–Trinajstić information content (AvgIpc) is 3.55. The lowest BCUT2D eigenvalue weighted by atomic mass is 10.1. The highest BCUT2D eigenvalue weighted by Crippen LogP contribution is 2.20. The maximum absolute atomic E-state index is 12.9. The molecular weight excluding hydrogens is 420 g/mol. The zero-order valence-corrected chi connectivity index (χ0v) is 17.8. The van der Waals surface area contributed by atoms with E-state index in [9.17, 15) is 4.79 Å². The predicted octanol–water partition coefficient (Wildman–Crippen LogP) is 3.65. The van der Waals surface area contributed by atoms with Crippen LogP contribution in [0.4, 0.5) is 0 Å². The number of pyridine rings is 1. The molecule has 164 valence electrons. The summed E-state index contributed by atoms with van der Waals surface area (Å²) in [6.07, 6.45) is 6.66. The van der Waals surface area contributed by atoms with Crippen molar-refractivity contribution in [1.29, 1.82) is 0 Å². The van der Waals surface area contributed by atoms with E-state index in [4.69, 9.17) is 9.26 Å². The van der Waals surface area contributed by atoms with Crippen molar-refractivity contribution in [3.8, 4) is 11.4 Å². The number of carbonyl (C=O) groups excluding carboxylic acids is 1. The van der Waals surface area contributed by atoms with Gasteiger partial charge in [-0.25, -0.2) is 9.67 Å². The molecule has 3 aromatic heterocycles. The van der Waals surface area contributed by atoms with Crippen molar-refractivity contribution in [2.45, 2.75) is 13.2 Å². The van der Waals surface area contributed by atoms with Crippen molar-refractivity contribution in [3.63, 3.8) is 0 Å². The third kappa shape index (κ3) is 4.42. The van der Waals surface area contributed by atoms with Gasteiger partial charge in [-0.05, 0) is 41.3 Å². The second-order valence-corrected chi connectivity index (χ2v) is 7.48. The molecular formula is C24H20N6O3. The molecule has 0 fully saturated rings. The summed E-state index contributed by atoms with van der Waals surface area (Å²) in [7, 11) is 1.74. The zero-order chi connectivity index (χ0) is 22.6. The van der Waals surface area contributed by atoms with Crippen LogP contribution < -0.4 is 4.74 Å². The minimum atomic E-state index is -0.228. The zero-order valence-electron chi connectivity index (χ0n) is 17.8. The second-order valence-electron chi connectivity index (χ2n) is 7.48. The fraction of sp³-hybridized carbons (Fsp3) is 0.125. The van der Waals surface area contributed by atoms with Crippen molar-refractivity contribution in [2.24, 2.45) is 0 Å². The molecule has 3 heterocycles. The summed E-state index contributed by atoms with van der Waals surface area (Å²) in [5.41, 5.74) is 2.14. The molecule has 0 saturated heterocycles. The lowest BCUT2D eigenvalue weighted by Gasteiger charge is -2.17. The Morgan fingerprint density at radius 2 is 2.00 bits per heavy atom. The highest BCUT2D eigenvalue weighted by Gasteiger charge is 2.18. The van der Waals surface area contributed by atoms with Crippen LogP contribution in [0, 0.1) is 0 Å². The third-order valence-corrected chi connectivity index (χ3v) is 5.20. The summed E-state index contributed by atoms with van der Waals surface area (Å²) in [4.78, 5) is 22.6. The normalized spacial score (nSPS) is 10.9. The van der Waals surface area contributed by atoms with E-state index in [0.29, 0.717) is 18.1 Å². The van der Waals surface area contributed by atoms with E-state index in [-0.39, 0.29) is 18.2 Å². The van der Waals surface area contributed by atoms with Gasteiger partial charge in [0.05, 0.1) is 5.69 Å². The first kappa shape index (κ1) is 20.4. The van der Waals surface area contributed by atoms with Crippen LogP contribution in [0.15, 0.2) is 84.2 Å². The van der Waals surface area contributed by atoms with E-state index in [1.807, 2.05) is 54.7 Å². The summed E-state index contributed by atoms with van der Waals surface area (Å²) in [5, 5.41) is 10.1. The van der Waals surface area contributed by atoms with Crippen molar-refractivity contribution in [2.75, 3.05) is 7.05 Å². The number of ether oxygens (including phenoxy) is 1. The van der Waals surface area contributed by atoms with Gasteiger partial charge in [0.25, 0.3) is 5.91 Å². The molecule has 0 saturated carbocycles. The number of hydrogen-bond acceptors (Lipinski definition) is 7. The average molecular weight is 440 g/mol. The fourth-order valence-electron chi connectivity index (χ4n) is 3.52. The van der Waals surface area contributed by atoms with Gasteiger partial charge < -0.3 is 14.2 Å². The van der Waals surface area contributed by atoms with Crippen molar-refractivity contribution in [1.82, 2.24) is 29.8 Å². The van der Waals surface area contributed by atoms with Gasteiger partial charge in [0.2, 0.25) is 0 Å². The minimum Gasteiger partial charge on any atom is -0.486 e. The van der Waals surface area contributed by atoms with Crippen LogP contribution in [-0.4, -0.2) is 42.8 Å². The Bertz CT molecular complexity index is 1370. The number of rotatable bonds is 7. The van der Waals surface area contributed by atoms with Gasteiger partial charge in [-0.2, -0.15) is 5.10 Å². The lowest BCUT2D eigenvalue weighted by Crippen LogP contribution is -2.26. The molecule has 0 radical (unpaired) electrons. The van der Waals surface area contributed by atoms with E-state index in [1.54, 1.807) is 35.2 Å². The first-order chi connectivity index (χ1) is 16.2. The van der Waals surface area contributed by atoms with Crippen LogP contribution >= 0.6 is 0 Å². The third-order valence-electron chi connectivity index (χ3n) is 5.20. The number of carbonyl (C=O) groups is 1. The van der Waals surface area contributed by atoms with Gasteiger partial charge in [0, 0.05) is 37.4 Å². The quantitative estimate of drug-likeness (QED) is 0.381. The molecule has 5 rings (SSSR count). The highest BCUT2D eigenvalue weighted by molar-refractivity contribution is 5.92. The lowest BCUT2D eigenvalue weighted by molar-refractivity contribution is 0.0775. The monoisotopic (exact) mass is 440 g/mol. The van der Waals surface area contributed by atoms with Gasteiger partial charge in [-0.1, -0.05) is 23.4 Å². The maximum Gasteiger partial charge on any atom is 0.276 e. The molecule has 0 spiro atoms. The molecule has 0 aliphatic rings. The van der Waals surface area contributed by atoms with Crippen molar-refractivity contribution in [3.05, 3.63) is 96.7 Å².